The fraction of sp³-hybridized carbons (Fsp3) is 0.533. The third kappa shape index (κ3) is 3.00. The maximum absolute atomic E-state index is 9.86. The molecule has 0 radical (unpaired) electrons. The normalized spacial score (nSPS) is 24.6. The lowest BCUT2D eigenvalue weighted by Crippen LogP contribution is -2.40. The van der Waals surface area contributed by atoms with Gasteiger partial charge in [0.05, 0.1) is 5.71 Å². The lowest BCUT2D eigenvalue weighted by Gasteiger charge is -2.37. The Labute approximate surface area is 114 Å². The van der Waals surface area contributed by atoms with Gasteiger partial charge in [0.1, 0.15) is 11.5 Å². The molecule has 1 heterocycles. The van der Waals surface area contributed by atoms with E-state index >= 15 is 0 Å². The van der Waals surface area contributed by atoms with E-state index in [0.29, 0.717) is 17.6 Å². The Hall–Kier alpha value is -1.71. The van der Waals surface area contributed by atoms with E-state index in [9.17, 15) is 10.2 Å². The number of phenols is 2. The molecule has 1 aromatic carbocycles. The van der Waals surface area contributed by atoms with Crippen molar-refractivity contribution in [2.45, 2.75) is 52.1 Å². The van der Waals surface area contributed by atoms with E-state index in [1.165, 1.54) is 12.5 Å². The van der Waals surface area contributed by atoms with Gasteiger partial charge in [0.2, 0.25) is 0 Å². The van der Waals surface area contributed by atoms with Gasteiger partial charge in [-0.1, -0.05) is 0 Å². The van der Waals surface area contributed by atoms with Gasteiger partial charge in [-0.2, -0.15) is 5.10 Å². The van der Waals surface area contributed by atoms with Crippen LogP contribution in [0.5, 0.6) is 11.5 Å². The molecule has 0 bridgehead atoms. The lowest BCUT2D eigenvalue weighted by atomic mass is 10.00. The van der Waals surface area contributed by atoms with E-state index in [0.717, 1.165) is 18.6 Å². The van der Waals surface area contributed by atoms with Gasteiger partial charge >= 0.3 is 0 Å². The maximum atomic E-state index is 9.86. The summed E-state index contributed by atoms with van der Waals surface area (Å²) in [5.41, 5.74) is 1.45. The zero-order valence-electron chi connectivity index (χ0n) is 11.8. The predicted molar refractivity (Wildman–Crippen MR) is 76.6 cm³/mol. The van der Waals surface area contributed by atoms with Crippen molar-refractivity contribution < 1.29 is 10.2 Å². The van der Waals surface area contributed by atoms with Crippen LogP contribution in [0.25, 0.3) is 0 Å². The molecule has 1 fully saturated rings. The molecule has 4 nitrogen and oxygen atoms in total. The van der Waals surface area contributed by atoms with Gasteiger partial charge in [-0.3, -0.25) is 5.01 Å². The number of hydrogen-bond acceptors (Lipinski definition) is 4. The molecule has 0 saturated carbocycles. The van der Waals surface area contributed by atoms with Gasteiger partial charge in [0.15, 0.2) is 0 Å². The maximum Gasteiger partial charge on any atom is 0.128 e. The molecule has 0 amide bonds. The number of benzene rings is 1. The first-order chi connectivity index (χ1) is 8.99. The second-order valence-electron chi connectivity index (χ2n) is 5.40. The van der Waals surface area contributed by atoms with E-state index in [-0.39, 0.29) is 11.5 Å². The van der Waals surface area contributed by atoms with Crippen molar-refractivity contribution in [2.75, 3.05) is 0 Å². The van der Waals surface area contributed by atoms with Crippen LogP contribution in [0, 0.1) is 0 Å². The van der Waals surface area contributed by atoms with Gasteiger partial charge in [0, 0.05) is 23.7 Å². The largest absolute Gasteiger partial charge is 0.508 e. The minimum atomic E-state index is 0.0637. The Morgan fingerprint density at radius 1 is 1.21 bits per heavy atom. The van der Waals surface area contributed by atoms with Gasteiger partial charge < -0.3 is 10.2 Å². The van der Waals surface area contributed by atoms with Crippen LogP contribution in [-0.4, -0.2) is 33.0 Å². The summed E-state index contributed by atoms with van der Waals surface area (Å²) < 4.78 is 0. The monoisotopic (exact) mass is 262 g/mol. The summed E-state index contributed by atoms with van der Waals surface area (Å²) in [5, 5.41) is 26.0. The van der Waals surface area contributed by atoms with E-state index < -0.39 is 0 Å². The summed E-state index contributed by atoms with van der Waals surface area (Å²) in [5.74, 6) is 0.132. The second-order valence-corrected chi connectivity index (χ2v) is 5.40. The summed E-state index contributed by atoms with van der Waals surface area (Å²) in [7, 11) is 0. The molecule has 104 valence electrons. The van der Waals surface area contributed by atoms with E-state index in [4.69, 9.17) is 0 Å². The highest BCUT2D eigenvalue weighted by Crippen LogP contribution is 2.26. The molecular formula is C15H22N2O2. The van der Waals surface area contributed by atoms with Crippen molar-refractivity contribution in [2.24, 2.45) is 5.10 Å². The molecular weight excluding hydrogens is 240 g/mol. The molecule has 0 aliphatic carbocycles. The minimum absolute atomic E-state index is 0.0637. The first kappa shape index (κ1) is 13.7. The Bertz CT molecular complexity index is 475. The van der Waals surface area contributed by atoms with Gasteiger partial charge in [0.25, 0.3) is 0 Å². The number of nitrogens with zero attached hydrogens (tertiary/aromatic N) is 2. The third-order valence-corrected chi connectivity index (χ3v) is 3.78. The topological polar surface area (TPSA) is 56.1 Å². The molecule has 0 unspecified atom stereocenters. The molecule has 1 saturated heterocycles. The summed E-state index contributed by atoms with van der Waals surface area (Å²) in [4.78, 5) is 0. The minimum Gasteiger partial charge on any atom is -0.508 e. The Morgan fingerprint density at radius 2 is 1.84 bits per heavy atom. The van der Waals surface area contributed by atoms with Crippen LogP contribution in [0.3, 0.4) is 0 Å². The second kappa shape index (κ2) is 5.51. The number of phenolic OH excluding ortho intramolecular Hbond substituents is 2. The van der Waals surface area contributed by atoms with E-state index in [1.807, 2.05) is 6.92 Å². The van der Waals surface area contributed by atoms with Gasteiger partial charge in [-0.15, -0.1) is 0 Å². The third-order valence-electron chi connectivity index (χ3n) is 3.78. The number of hydrogen-bond donors (Lipinski definition) is 2. The molecule has 0 aromatic heterocycles. The summed E-state index contributed by atoms with van der Waals surface area (Å²) in [6, 6.07) is 5.47. The zero-order chi connectivity index (χ0) is 14.0. The molecule has 2 atom stereocenters. The fourth-order valence-electron chi connectivity index (χ4n) is 2.66. The Morgan fingerprint density at radius 3 is 2.42 bits per heavy atom. The van der Waals surface area contributed by atoms with Crippen molar-refractivity contribution >= 4 is 5.71 Å². The van der Waals surface area contributed by atoms with E-state index in [2.05, 4.69) is 24.0 Å². The highest BCUT2D eigenvalue weighted by Gasteiger charge is 2.23. The molecule has 4 heteroatoms. The molecule has 2 rings (SSSR count). The van der Waals surface area contributed by atoms with Gasteiger partial charge in [-0.25, -0.2) is 0 Å². The first-order valence-corrected chi connectivity index (χ1v) is 6.85. The van der Waals surface area contributed by atoms with Crippen LogP contribution in [0.2, 0.25) is 0 Å². The molecule has 1 aliphatic rings. The number of rotatable bonds is 2. The smallest absolute Gasteiger partial charge is 0.128 e. The molecule has 2 N–H and O–H groups in total. The SMILES string of the molecule is C/C(=N\N1[C@H](C)CCC[C@H]1C)c1ccc(O)cc1O. The number of hydrazone groups is 1. The Balaban J connectivity index is 2.26. The van der Waals surface area contributed by atoms with Gasteiger partial charge in [-0.05, 0) is 52.2 Å². The summed E-state index contributed by atoms with van der Waals surface area (Å²) in [6.45, 7) is 6.26. The highest BCUT2D eigenvalue weighted by molar-refractivity contribution is 6.01. The van der Waals surface area contributed by atoms with Crippen LogP contribution in [-0.2, 0) is 0 Å². The predicted octanol–water partition coefficient (Wildman–Crippen LogP) is 3.08. The van der Waals surface area contributed by atoms with Crippen molar-refractivity contribution in [3.63, 3.8) is 0 Å². The van der Waals surface area contributed by atoms with Crippen LogP contribution in [0.1, 0.15) is 45.6 Å². The summed E-state index contributed by atoms with van der Waals surface area (Å²) in [6.07, 6.45) is 3.56. The highest BCUT2D eigenvalue weighted by atomic mass is 16.3. The number of aromatic hydroxyl groups is 2. The van der Waals surface area contributed by atoms with Crippen molar-refractivity contribution in [3.8, 4) is 11.5 Å². The van der Waals surface area contributed by atoms with Crippen LogP contribution in [0.4, 0.5) is 0 Å². The Kier molecular flexibility index (Phi) is 3.98. The van der Waals surface area contributed by atoms with Crippen LogP contribution in [0.15, 0.2) is 23.3 Å². The molecule has 1 aromatic rings. The van der Waals surface area contributed by atoms with Crippen molar-refractivity contribution in [1.82, 2.24) is 5.01 Å². The lowest BCUT2D eigenvalue weighted by molar-refractivity contribution is 0.108. The number of piperidine rings is 1. The molecule has 19 heavy (non-hydrogen) atoms. The quantitative estimate of drug-likeness (QED) is 0.805. The van der Waals surface area contributed by atoms with Crippen LogP contribution >= 0.6 is 0 Å². The van der Waals surface area contributed by atoms with Crippen LogP contribution < -0.4 is 0 Å². The molecule has 0 spiro atoms. The first-order valence-electron chi connectivity index (χ1n) is 6.85. The average Bonchev–Trinajstić information content (AvgIpc) is 2.33. The van der Waals surface area contributed by atoms with E-state index in [1.54, 1.807) is 12.1 Å². The standard InChI is InChI=1S/C15H22N2O2/c1-10-5-4-6-11(2)17(10)16-12(3)14-8-7-13(18)9-15(14)19/h7-11,18-19H,4-6H2,1-3H3/b16-12+/t10-,11-/m1/s1. The fourth-order valence-corrected chi connectivity index (χ4v) is 2.66. The summed E-state index contributed by atoms with van der Waals surface area (Å²) >= 11 is 0. The van der Waals surface area contributed by atoms with Crippen molar-refractivity contribution in [1.29, 1.82) is 0 Å². The molecule has 1 aliphatic heterocycles. The zero-order valence-corrected chi connectivity index (χ0v) is 11.8. The average molecular weight is 262 g/mol. The van der Waals surface area contributed by atoms with Crippen molar-refractivity contribution in [3.05, 3.63) is 23.8 Å².